The van der Waals surface area contributed by atoms with E-state index in [1.165, 1.54) is 109 Å². The molecule has 0 nitrogen and oxygen atoms in total. The molecule has 0 heteroatoms. The Balaban J connectivity index is 1.10. The number of benzene rings is 11. The van der Waals surface area contributed by atoms with Crippen molar-refractivity contribution in [3.8, 4) is 33.4 Å². The molecule has 0 saturated heterocycles. The number of rotatable bonds is 3. The van der Waals surface area contributed by atoms with Gasteiger partial charge in [-0.3, -0.25) is 0 Å². The highest BCUT2D eigenvalue weighted by Gasteiger charge is 2.15. The minimum absolute atomic E-state index is 1.23. The summed E-state index contributed by atoms with van der Waals surface area (Å²) < 4.78 is 0. The Bertz CT molecular complexity index is 3220. The van der Waals surface area contributed by atoms with Crippen molar-refractivity contribution >= 4 is 75.4 Å². The van der Waals surface area contributed by atoms with E-state index in [0.717, 1.165) is 0 Å². The maximum absolute atomic E-state index is 2.41. The summed E-state index contributed by atoms with van der Waals surface area (Å²) >= 11 is 0. The van der Waals surface area contributed by atoms with E-state index in [4.69, 9.17) is 0 Å². The van der Waals surface area contributed by atoms with Gasteiger partial charge in [0.15, 0.2) is 0 Å². The fraction of sp³-hybridized carbons (Fsp3) is 0. The molecule has 52 heavy (non-hydrogen) atoms. The molecule has 11 aromatic rings. The zero-order valence-electron chi connectivity index (χ0n) is 28.5. The van der Waals surface area contributed by atoms with Crippen molar-refractivity contribution in [3.63, 3.8) is 0 Å². The van der Waals surface area contributed by atoms with Gasteiger partial charge in [0.2, 0.25) is 0 Å². The van der Waals surface area contributed by atoms with E-state index in [1.807, 2.05) is 0 Å². The van der Waals surface area contributed by atoms with Crippen molar-refractivity contribution in [2.45, 2.75) is 0 Å². The molecule has 11 rings (SSSR count). The fourth-order valence-electron chi connectivity index (χ4n) is 8.69. The first-order chi connectivity index (χ1) is 25.8. The van der Waals surface area contributed by atoms with Crippen LogP contribution in [0.1, 0.15) is 0 Å². The van der Waals surface area contributed by atoms with Crippen LogP contribution in [-0.4, -0.2) is 0 Å². The topological polar surface area (TPSA) is 0 Å². The second-order valence-electron chi connectivity index (χ2n) is 14.1. The largest absolute Gasteiger partial charge is 0.0616 e. The van der Waals surface area contributed by atoms with Crippen LogP contribution in [0.2, 0.25) is 0 Å². The second kappa shape index (κ2) is 11.4. The Hall–Kier alpha value is -6.76. The highest BCUT2D eigenvalue weighted by molar-refractivity contribution is 6.24. The quantitative estimate of drug-likeness (QED) is 0.166. The lowest BCUT2D eigenvalue weighted by molar-refractivity contribution is 1.65. The molecule has 0 aliphatic heterocycles. The molecule has 0 fully saturated rings. The van der Waals surface area contributed by atoms with E-state index in [9.17, 15) is 0 Å². The molecule has 0 spiro atoms. The molecule has 0 amide bonds. The molecule has 0 unspecified atom stereocenters. The molecule has 0 atom stereocenters. The summed E-state index contributed by atoms with van der Waals surface area (Å²) in [4.78, 5) is 0. The molecule has 11 aromatic carbocycles. The molecule has 0 aliphatic carbocycles. The maximum Gasteiger partial charge on any atom is -0.00206 e. The Morgan fingerprint density at radius 1 is 0.192 bits per heavy atom. The maximum atomic E-state index is 2.41. The number of hydrogen-bond acceptors (Lipinski definition) is 0. The van der Waals surface area contributed by atoms with Crippen LogP contribution in [0, 0.1) is 0 Å². The first-order valence-electron chi connectivity index (χ1n) is 18.1. The molecule has 0 N–H and O–H groups in total. The number of fused-ring (bicyclic) bond motifs is 10. The Morgan fingerprint density at radius 2 is 0.615 bits per heavy atom. The first-order valence-corrected chi connectivity index (χ1v) is 18.1. The van der Waals surface area contributed by atoms with E-state index in [2.05, 4.69) is 194 Å². The summed E-state index contributed by atoms with van der Waals surface area (Å²) in [6.45, 7) is 0. The Morgan fingerprint density at radius 3 is 1.29 bits per heavy atom. The van der Waals surface area contributed by atoms with Gasteiger partial charge in [0.25, 0.3) is 0 Å². The summed E-state index contributed by atoms with van der Waals surface area (Å²) in [6.07, 6.45) is 0. The van der Waals surface area contributed by atoms with Crippen LogP contribution >= 0.6 is 0 Å². The monoisotopic (exact) mass is 656 g/mol. The minimum Gasteiger partial charge on any atom is -0.0616 e. The van der Waals surface area contributed by atoms with Gasteiger partial charge in [0.1, 0.15) is 0 Å². The van der Waals surface area contributed by atoms with E-state index in [0.29, 0.717) is 0 Å². The normalized spacial score (nSPS) is 11.8. The average Bonchev–Trinajstić information content (AvgIpc) is 3.22. The summed E-state index contributed by atoms with van der Waals surface area (Å²) in [5, 5.41) is 17.9. The molecule has 0 aliphatic rings. The molecule has 0 bridgehead atoms. The molecule has 0 heterocycles. The van der Waals surface area contributed by atoms with Crippen LogP contribution in [0.15, 0.2) is 194 Å². The van der Waals surface area contributed by atoms with Gasteiger partial charge in [0, 0.05) is 0 Å². The molecule has 240 valence electrons. The summed E-state index contributed by atoms with van der Waals surface area (Å²) in [6, 6.07) is 72.0. The lowest BCUT2D eigenvalue weighted by Crippen LogP contribution is -1.89. The van der Waals surface area contributed by atoms with Crippen molar-refractivity contribution in [3.05, 3.63) is 194 Å². The third-order valence-electron chi connectivity index (χ3n) is 11.2. The lowest BCUT2D eigenvalue weighted by atomic mass is 9.87. The highest BCUT2D eigenvalue weighted by Crippen LogP contribution is 2.43. The average molecular weight is 657 g/mol. The van der Waals surface area contributed by atoms with Crippen molar-refractivity contribution in [2.75, 3.05) is 0 Å². The van der Waals surface area contributed by atoms with Crippen LogP contribution in [0.3, 0.4) is 0 Å². The Labute approximate surface area is 301 Å². The summed E-state index contributed by atoms with van der Waals surface area (Å²) in [5.74, 6) is 0. The number of hydrogen-bond donors (Lipinski definition) is 0. The predicted molar refractivity (Wildman–Crippen MR) is 225 cm³/mol. The zero-order chi connectivity index (χ0) is 34.2. The third-order valence-corrected chi connectivity index (χ3v) is 11.2. The Kier molecular flexibility index (Phi) is 6.35. The third kappa shape index (κ3) is 4.48. The van der Waals surface area contributed by atoms with Crippen LogP contribution in [0.25, 0.3) is 109 Å². The van der Waals surface area contributed by atoms with E-state index < -0.39 is 0 Å². The minimum atomic E-state index is 1.23. The second-order valence-corrected chi connectivity index (χ2v) is 14.1. The van der Waals surface area contributed by atoms with E-state index in [1.54, 1.807) is 0 Å². The van der Waals surface area contributed by atoms with Crippen LogP contribution in [-0.2, 0) is 0 Å². The van der Waals surface area contributed by atoms with Gasteiger partial charge in [-0.15, -0.1) is 0 Å². The smallest absolute Gasteiger partial charge is 0.00206 e. The molecular formula is C52H32. The van der Waals surface area contributed by atoms with Crippen LogP contribution < -0.4 is 0 Å². The molecule has 0 aromatic heterocycles. The highest BCUT2D eigenvalue weighted by atomic mass is 14.2. The summed E-state index contributed by atoms with van der Waals surface area (Å²) in [7, 11) is 0. The SMILES string of the molecule is c1ccc2c(-c3ccc4cc(-c5cc6ccccc6c6ccccc56)ccc4c3)cc(-c3cc4ccccc4c4c3ccc3ccccc34)cc2c1. The van der Waals surface area contributed by atoms with Gasteiger partial charge < -0.3 is 0 Å². The van der Waals surface area contributed by atoms with Crippen LogP contribution in [0.4, 0.5) is 0 Å². The van der Waals surface area contributed by atoms with E-state index in [-0.39, 0.29) is 0 Å². The van der Waals surface area contributed by atoms with Crippen molar-refractivity contribution in [1.82, 2.24) is 0 Å². The van der Waals surface area contributed by atoms with Gasteiger partial charge in [-0.2, -0.15) is 0 Å². The van der Waals surface area contributed by atoms with Crippen molar-refractivity contribution in [1.29, 1.82) is 0 Å². The van der Waals surface area contributed by atoms with Gasteiger partial charge in [-0.25, -0.2) is 0 Å². The predicted octanol–water partition coefficient (Wildman–Crippen LogP) is 14.8. The van der Waals surface area contributed by atoms with Gasteiger partial charge in [-0.1, -0.05) is 158 Å². The standard InChI is InChI=1S/C52H32/c1-7-17-44-33(11-1)25-26-48-51(31-38-14-4-8-18-45(38)52(44)48)41-29-36-12-2-6-16-43(36)49(32-41)39-23-21-35-28-40(24-22-34(35)27-39)50-30-37-13-3-5-15-42(37)46-19-9-10-20-47(46)50/h1-32H. The van der Waals surface area contributed by atoms with Crippen molar-refractivity contribution < 1.29 is 0 Å². The van der Waals surface area contributed by atoms with Crippen molar-refractivity contribution in [2.24, 2.45) is 0 Å². The van der Waals surface area contributed by atoms with Gasteiger partial charge >= 0.3 is 0 Å². The zero-order valence-corrected chi connectivity index (χ0v) is 28.5. The fourth-order valence-corrected chi connectivity index (χ4v) is 8.69. The summed E-state index contributed by atoms with van der Waals surface area (Å²) in [5.41, 5.74) is 7.49. The lowest BCUT2D eigenvalue weighted by Gasteiger charge is -2.16. The van der Waals surface area contributed by atoms with Gasteiger partial charge in [0.05, 0.1) is 0 Å². The van der Waals surface area contributed by atoms with Crippen LogP contribution in [0.5, 0.6) is 0 Å². The molecular weight excluding hydrogens is 625 g/mol. The molecule has 0 radical (unpaired) electrons. The first kappa shape index (κ1) is 29.0. The van der Waals surface area contributed by atoms with E-state index >= 15 is 0 Å². The molecule has 0 saturated carbocycles. The van der Waals surface area contributed by atoms with Gasteiger partial charge in [-0.05, 0) is 145 Å².